The molecule has 27 heavy (non-hydrogen) atoms. The highest BCUT2D eigenvalue weighted by molar-refractivity contribution is 5.79. The molecule has 5 nitrogen and oxygen atoms in total. The molecule has 0 unspecified atom stereocenters. The van der Waals surface area contributed by atoms with Gasteiger partial charge in [0.25, 0.3) is 0 Å². The van der Waals surface area contributed by atoms with Crippen molar-refractivity contribution in [3.63, 3.8) is 0 Å². The normalized spacial score (nSPS) is 20.6. The second kappa shape index (κ2) is 9.51. The van der Waals surface area contributed by atoms with Crippen molar-refractivity contribution in [2.75, 3.05) is 46.4 Å². The first-order valence-corrected chi connectivity index (χ1v) is 10.2. The van der Waals surface area contributed by atoms with Gasteiger partial charge >= 0.3 is 0 Å². The van der Waals surface area contributed by atoms with E-state index in [1.165, 1.54) is 32.0 Å². The van der Waals surface area contributed by atoms with Crippen LogP contribution in [0.3, 0.4) is 0 Å². The summed E-state index contributed by atoms with van der Waals surface area (Å²) in [6, 6.07) is 4.99. The predicted molar refractivity (Wildman–Crippen MR) is 108 cm³/mol. The average molecular weight is 377 g/mol. The summed E-state index contributed by atoms with van der Waals surface area (Å²) >= 11 is 0. The van der Waals surface area contributed by atoms with E-state index in [1.807, 2.05) is 20.0 Å². The van der Waals surface area contributed by atoms with Crippen LogP contribution in [0, 0.1) is 12.7 Å². The Morgan fingerprint density at radius 3 is 2.63 bits per heavy atom. The Morgan fingerprint density at radius 2 is 1.96 bits per heavy atom. The lowest BCUT2D eigenvalue weighted by Gasteiger charge is -2.45. The standard InChI is InChI=1S/C21H33FN4O/c1-17-15-19(22)6-5-18(17)7-10-24-20(23-2)25-16-21(8-13-27-14-9-21)26-11-3-4-12-26/h5-6,15H,3-4,7-14,16H2,1-2H3,(H2,23,24,25). The summed E-state index contributed by atoms with van der Waals surface area (Å²) in [4.78, 5) is 7.03. The van der Waals surface area contributed by atoms with Gasteiger partial charge < -0.3 is 15.4 Å². The van der Waals surface area contributed by atoms with Crippen LogP contribution in [0.25, 0.3) is 0 Å². The fourth-order valence-electron chi connectivity index (χ4n) is 4.27. The first-order valence-electron chi connectivity index (χ1n) is 10.2. The fraction of sp³-hybridized carbons (Fsp3) is 0.667. The number of hydrogen-bond acceptors (Lipinski definition) is 3. The van der Waals surface area contributed by atoms with Gasteiger partial charge in [0.1, 0.15) is 5.82 Å². The zero-order valence-electron chi connectivity index (χ0n) is 16.7. The van der Waals surface area contributed by atoms with Crippen LogP contribution in [-0.2, 0) is 11.2 Å². The molecule has 0 atom stereocenters. The van der Waals surface area contributed by atoms with Crippen molar-refractivity contribution < 1.29 is 9.13 Å². The van der Waals surface area contributed by atoms with Gasteiger partial charge in [-0.05, 0) is 75.4 Å². The van der Waals surface area contributed by atoms with Crippen LogP contribution in [-0.4, -0.2) is 62.8 Å². The summed E-state index contributed by atoms with van der Waals surface area (Å²) in [5, 5.41) is 6.95. The molecule has 1 aromatic carbocycles. The van der Waals surface area contributed by atoms with Crippen LogP contribution >= 0.6 is 0 Å². The molecule has 2 heterocycles. The van der Waals surface area contributed by atoms with Crippen molar-refractivity contribution in [3.8, 4) is 0 Å². The van der Waals surface area contributed by atoms with Gasteiger partial charge in [-0.2, -0.15) is 0 Å². The van der Waals surface area contributed by atoms with Crippen LogP contribution < -0.4 is 10.6 Å². The van der Waals surface area contributed by atoms with Gasteiger partial charge in [0.2, 0.25) is 0 Å². The molecule has 0 saturated carbocycles. The van der Waals surface area contributed by atoms with Crippen molar-refractivity contribution >= 4 is 5.96 Å². The zero-order valence-corrected chi connectivity index (χ0v) is 16.7. The van der Waals surface area contributed by atoms with E-state index in [1.54, 1.807) is 6.07 Å². The first-order chi connectivity index (χ1) is 13.1. The van der Waals surface area contributed by atoms with E-state index in [9.17, 15) is 4.39 Å². The molecule has 0 aliphatic carbocycles. The monoisotopic (exact) mass is 376 g/mol. The molecular formula is C21H33FN4O. The van der Waals surface area contributed by atoms with Crippen LogP contribution in [0.15, 0.2) is 23.2 Å². The average Bonchev–Trinajstić information content (AvgIpc) is 3.22. The van der Waals surface area contributed by atoms with E-state index >= 15 is 0 Å². The number of benzene rings is 1. The summed E-state index contributed by atoms with van der Waals surface area (Å²) < 4.78 is 18.9. The number of aliphatic imine (C=N–C) groups is 1. The molecule has 2 aliphatic rings. The third-order valence-corrected chi connectivity index (χ3v) is 6.00. The number of guanidine groups is 1. The minimum atomic E-state index is -0.176. The molecule has 3 rings (SSSR count). The van der Waals surface area contributed by atoms with E-state index in [-0.39, 0.29) is 11.4 Å². The van der Waals surface area contributed by atoms with E-state index in [0.29, 0.717) is 0 Å². The van der Waals surface area contributed by atoms with Crippen LogP contribution in [0.2, 0.25) is 0 Å². The highest BCUT2D eigenvalue weighted by atomic mass is 19.1. The number of halogens is 1. The van der Waals surface area contributed by atoms with Gasteiger partial charge in [-0.15, -0.1) is 0 Å². The molecule has 2 aliphatic heterocycles. The third-order valence-electron chi connectivity index (χ3n) is 6.00. The minimum absolute atomic E-state index is 0.176. The number of rotatable bonds is 6. The molecule has 2 saturated heterocycles. The molecule has 6 heteroatoms. The number of likely N-dealkylation sites (tertiary alicyclic amines) is 1. The molecule has 1 aromatic rings. The van der Waals surface area contributed by atoms with E-state index < -0.39 is 0 Å². The number of hydrogen-bond donors (Lipinski definition) is 2. The van der Waals surface area contributed by atoms with Gasteiger partial charge in [-0.25, -0.2) is 4.39 Å². The molecule has 0 spiro atoms. The molecule has 2 fully saturated rings. The summed E-state index contributed by atoms with van der Waals surface area (Å²) in [6.45, 7) is 7.69. The van der Waals surface area contributed by atoms with Crippen LogP contribution in [0.4, 0.5) is 4.39 Å². The van der Waals surface area contributed by atoms with E-state index in [4.69, 9.17) is 4.74 Å². The topological polar surface area (TPSA) is 48.9 Å². The Morgan fingerprint density at radius 1 is 1.22 bits per heavy atom. The van der Waals surface area contributed by atoms with Gasteiger partial charge in [0, 0.05) is 38.9 Å². The number of ether oxygens (including phenoxy) is 1. The van der Waals surface area contributed by atoms with Crippen molar-refractivity contribution in [3.05, 3.63) is 35.1 Å². The lowest BCUT2D eigenvalue weighted by atomic mass is 9.88. The van der Waals surface area contributed by atoms with Crippen molar-refractivity contribution in [2.45, 2.75) is 44.6 Å². The maximum Gasteiger partial charge on any atom is 0.191 e. The molecule has 0 aromatic heterocycles. The Bertz CT molecular complexity index is 637. The van der Waals surface area contributed by atoms with Crippen molar-refractivity contribution in [1.29, 1.82) is 0 Å². The summed E-state index contributed by atoms with van der Waals surface area (Å²) in [5.74, 6) is 0.658. The lowest BCUT2D eigenvalue weighted by Crippen LogP contribution is -2.58. The summed E-state index contributed by atoms with van der Waals surface area (Å²) in [5.41, 5.74) is 2.34. The van der Waals surface area contributed by atoms with Gasteiger partial charge in [-0.3, -0.25) is 9.89 Å². The van der Waals surface area contributed by atoms with Crippen LogP contribution in [0.1, 0.15) is 36.8 Å². The molecule has 2 N–H and O–H groups in total. The van der Waals surface area contributed by atoms with Crippen molar-refractivity contribution in [2.24, 2.45) is 4.99 Å². The first kappa shape index (κ1) is 20.1. The Kier molecular flexibility index (Phi) is 7.07. The van der Waals surface area contributed by atoms with Crippen molar-refractivity contribution in [1.82, 2.24) is 15.5 Å². The molecule has 0 amide bonds. The largest absolute Gasteiger partial charge is 0.381 e. The second-order valence-corrected chi connectivity index (χ2v) is 7.70. The Hall–Kier alpha value is -1.66. The lowest BCUT2D eigenvalue weighted by molar-refractivity contribution is -0.0164. The molecule has 0 radical (unpaired) electrons. The quantitative estimate of drug-likeness (QED) is 0.592. The number of aryl methyl sites for hydroxylation is 1. The van der Waals surface area contributed by atoms with Gasteiger partial charge in [-0.1, -0.05) is 6.07 Å². The number of nitrogens with one attached hydrogen (secondary N) is 2. The van der Waals surface area contributed by atoms with Crippen LogP contribution in [0.5, 0.6) is 0 Å². The highest BCUT2D eigenvalue weighted by Crippen LogP contribution is 2.30. The SMILES string of the molecule is CN=C(NCCc1ccc(F)cc1C)NCC1(N2CCCC2)CCOCC1. The van der Waals surface area contributed by atoms with E-state index in [0.717, 1.165) is 62.7 Å². The molecule has 0 bridgehead atoms. The fourth-order valence-corrected chi connectivity index (χ4v) is 4.27. The summed E-state index contributed by atoms with van der Waals surface area (Å²) in [7, 11) is 1.81. The Balaban J connectivity index is 1.51. The minimum Gasteiger partial charge on any atom is -0.381 e. The van der Waals surface area contributed by atoms with E-state index in [2.05, 4.69) is 20.5 Å². The summed E-state index contributed by atoms with van der Waals surface area (Å²) in [6.07, 6.45) is 5.59. The predicted octanol–water partition coefficient (Wildman–Crippen LogP) is 2.49. The van der Waals surface area contributed by atoms with Gasteiger partial charge in [0.15, 0.2) is 5.96 Å². The molecule has 150 valence electrons. The smallest absolute Gasteiger partial charge is 0.191 e. The third kappa shape index (κ3) is 5.20. The highest BCUT2D eigenvalue weighted by Gasteiger charge is 2.39. The maximum atomic E-state index is 13.2. The van der Waals surface area contributed by atoms with Gasteiger partial charge in [0.05, 0.1) is 0 Å². The second-order valence-electron chi connectivity index (χ2n) is 7.70. The Labute approximate surface area is 162 Å². The molecular weight excluding hydrogens is 343 g/mol. The zero-order chi connectivity index (χ0) is 19.1. The maximum absolute atomic E-state index is 13.2. The number of nitrogens with zero attached hydrogens (tertiary/aromatic N) is 2.